The molecule has 1 aliphatic carbocycles. The molecule has 21 nitrogen and oxygen atoms in total. The van der Waals surface area contributed by atoms with E-state index in [4.69, 9.17) is 28.4 Å². The maximum Gasteiger partial charge on any atom is 0.187 e. The van der Waals surface area contributed by atoms with E-state index in [1.807, 2.05) is 26.0 Å². The van der Waals surface area contributed by atoms with Crippen LogP contribution in [0.25, 0.3) is 0 Å². The van der Waals surface area contributed by atoms with E-state index in [-0.39, 0.29) is 31.1 Å². The molecule has 3 saturated heterocycles. The highest BCUT2D eigenvalue weighted by Gasteiger charge is 2.53. The third kappa shape index (κ3) is 14.5. The van der Waals surface area contributed by atoms with Gasteiger partial charge in [-0.1, -0.05) is 30.2 Å². The molecule has 13 N–H and O–H groups in total. The number of aliphatic hydroxyl groups is 13. The lowest BCUT2D eigenvalue weighted by Crippen LogP contribution is -2.61. The van der Waals surface area contributed by atoms with Gasteiger partial charge in [0.25, 0.3) is 0 Å². The third-order valence-corrected chi connectivity index (χ3v) is 14.7. The van der Waals surface area contributed by atoms with Crippen LogP contribution in [0.15, 0.2) is 34.4 Å². The summed E-state index contributed by atoms with van der Waals surface area (Å²) in [6.45, 7) is 9.99. The predicted molar refractivity (Wildman–Crippen MR) is 242 cm³/mol. The van der Waals surface area contributed by atoms with Crippen LogP contribution in [-0.4, -0.2) is 214 Å². The minimum Gasteiger partial charge on any atom is -0.394 e. The van der Waals surface area contributed by atoms with Crippen molar-refractivity contribution in [3.8, 4) is 0 Å². The van der Waals surface area contributed by atoms with E-state index < -0.39 is 135 Å². The van der Waals surface area contributed by atoms with Crippen LogP contribution in [0, 0.1) is 11.3 Å². The SMILES string of the molecule is CC(=CCC(OC1OC(CO)C(O)C(O)C1O)C(C)=CCCC1(C)C(CCCOC2OC(COC3OC(CO)C(O)C(O)C3O)C(O)C(O)C2O)C(=C(C)C=O)CCC1(C)O)CCC(=O)C(C)(C)O. The van der Waals surface area contributed by atoms with Gasteiger partial charge in [0.1, 0.15) is 85.1 Å². The Kier molecular flexibility index (Phi) is 22.1. The highest BCUT2D eigenvalue weighted by atomic mass is 16.7. The van der Waals surface area contributed by atoms with Gasteiger partial charge in [-0.2, -0.15) is 0 Å². The molecule has 0 aromatic heterocycles. The first-order valence-corrected chi connectivity index (χ1v) is 23.9. The van der Waals surface area contributed by atoms with E-state index in [1.165, 1.54) is 13.8 Å². The molecule has 3 aliphatic heterocycles. The molecule has 0 aromatic carbocycles. The smallest absolute Gasteiger partial charge is 0.187 e. The molecule has 19 atom stereocenters. The Balaban J connectivity index is 1.49. The molecule has 19 unspecified atom stereocenters. The first-order chi connectivity index (χ1) is 32.2. The summed E-state index contributed by atoms with van der Waals surface area (Å²) in [7, 11) is 0. The molecular formula is C48H80O21. The van der Waals surface area contributed by atoms with Crippen molar-refractivity contribution in [1.82, 2.24) is 0 Å². The summed E-state index contributed by atoms with van der Waals surface area (Å²) in [5.74, 6) is -0.682. The maximum absolute atomic E-state index is 12.4. The third-order valence-electron chi connectivity index (χ3n) is 14.7. The van der Waals surface area contributed by atoms with Gasteiger partial charge in [-0.05, 0) is 110 Å². The molecule has 4 aliphatic rings. The van der Waals surface area contributed by atoms with Gasteiger partial charge in [-0.3, -0.25) is 9.59 Å². The van der Waals surface area contributed by atoms with E-state index in [0.29, 0.717) is 56.1 Å². The number of allylic oxidation sites excluding steroid dienone is 4. The second kappa shape index (κ2) is 25.6. The second-order valence-corrected chi connectivity index (χ2v) is 20.2. The minimum atomic E-state index is -1.75. The van der Waals surface area contributed by atoms with Crippen molar-refractivity contribution < 1.29 is 104 Å². The summed E-state index contributed by atoms with van der Waals surface area (Å²) in [5.41, 5.74) is -0.653. The lowest BCUT2D eigenvalue weighted by molar-refractivity contribution is -0.331. The first kappa shape index (κ1) is 59.4. The Bertz CT molecular complexity index is 1740. The number of ketones is 1. The van der Waals surface area contributed by atoms with Crippen LogP contribution in [0.1, 0.15) is 106 Å². The molecule has 4 rings (SSSR count). The molecule has 0 aromatic rings. The number of rotatable bonds is 23. The highest BCUT2D eigenvalue weighted by Crippen LogP contribution is 2.55. The van der Waals surface area contributed by atoms with Gasteiger partial charge in [-0.25, -0.2) is 0 Å². The van der Waals surface area contributed by atoms with Crippen molar-refractivity contribution in [2.45, 2.75) is 216 Å². The molecule has 69 heavy (non-hydrogen) atoms. The van der Waals surface area contributed by atoms with Crippen LogP contribution in [0.3, 0.4) is 0 Å². The van der Waals surface area contributed by atoms with Gasteiger partial charge in [0.15, 0.2) is 24.7 Å². The largest absolute Gasteiger partial charge is 0.394 e. The van der Waals surface area contributed by atoms with Crippen LogP contribution in [-0.2, 0) is 38.0 Å². The Morgan fingerprint density at radius 2 is 1.28 bits per heavy atom. The normalized spacial score (nSPS) is 40.6. The summed E-state index contributed by atoms with van der Waals surface area (Å²) in [4.78, 5) is 24.7. The van der Waals surface area contributed by atoms with Crippen molar-refractivity contribution in [3.63, 3.8) is 0 Å². The number of carbonyl (C=O) groups excluding carboxylic acids is 2. The number of carbonyl (C=O) groups is 2. The molecular weight excluding hydrogens is 913 g/mol. The number of aldehydes is 1. The van der Waals surface area contributed by atoms with Crippen LogP contribution in [0.2, 0.25) is 0 Å². The maximum atomic E-state index is 12.4. The minimum absolute atomic E-state index is 0.0399. The lowest BCUT2D eigenvalue weighted by atomic mass is 9.54. The fourth-order valence-electron chi connectivity index (χ4n) is 9.60. The zero-order valence-corrected chi connectivity index (χ0v) is 40.8. The Morgan fingerprint density at radius 1 is 0.754 bits per heavy atom. The van der Waals surface area contributed by atoms with Crippen LogP contribution < -0.4 is 0 Å². The van der Waals surface area contributed by atoms with E-state index in [0.717, 1.165) is 17.4 Å². The molecule has 21 heteroatoms. The van der Waals surface area contributed by atoms with E-state index in [9.17, 15) is 76.0 Å². The molecule has 0 amide bonds. The quantitative estimate of drug-likeness (QED) is 0.0239. The summed E-state index contributed by atoms with van der Waals surface area (Å²) < 4.78 is 34.5. The van der Waals surface area contributed by atoms with E-state index >= 15 is 0 Å². The van der Waals surface area contributed by atoms with Crippen molar-refractivity contribution in [3.05, 3.63) is 34.4 Å². The van der Waals surface area contributed by atoms with Crippen LogP contribution in [0.4, 0.5) is 0 Å². The van der Waals surface area contributed by atoms with E-state index in [2.05, 4.69) is 0 Å². The fourth-order valence-corrected chi connectivity index (χ4v) is 9.60. The standard InChI is InChI=1S/C48H80O21/c1-24(13-15-33(52)46(4,5)62)12-14-29(66-45-42(61)38(57)35(54)31(22-51)68-45)25(2)10-8-17-47(6)28(27(26(3)20-49)16-18-48(47,7)63)11-9-19-64-43-40(59)39(58)36(55)32(69-43)23-65-44-41(60)37(56)34(53)30(21-50)67-44/h10,12,20,28-32,34-45,50-51,53-63H,8-9,11,13-19,21-23H2,1-7H3. The second-order valence-electron chi connectivity index (χ2n) is 20.2. The summed E-state index contributed by atoms with van der Waals surface area (Å²) in [5, 5.41) is 136. The molecule has 3 heterocycles. The molecule has 398 valence electrons. The van der Waals surface area contributed by atoms with Crippen molar-refractivity contribution in [2.75, 3.05) is 26.4 Å². The number of hydrogen-bond donors (Lipinski definition) is 13. The molecule has 0 bridgehead atoms. The monoisotopic (exact) mass is 993 g/mol. The molecule has 0 spiro atoms. The van der Waals surface area contributed by atoms with Crippen LogP contribution in [0.5, 0.6) is 0 Å². The first-order valence-electron chi connectivity index (χ1n) is 23.9. The Labute approximate surface area is 403 Å². The average molecular weight is 993 g/mol. The van der Waals surface area contributed by atoms with Crippen molar-refractivity contribution in [2.24, 2.45) is 11.3 Å². The fraction of sp³-hybridized carbons (Fsp3) is 0.833. The molecule has 4 fully saturated rings. The highest BCUT2D eigenvalue weighted by molar-refractivity contribution is 5.86. The van der Waals surface area contributed by atoms with Crippen molar-refractivity contribution in [1.29, 1.82) is 0 Å². The lowest BCUT2D eigenvalue weighted by Gasteiger charge is -2.53. The average Bonchev–Trinajstić information content (AvgIpc) is 3.30. The van der Waals surface area contributed by atoms with Gasteiger partial charge in [-0.15, -0.1) is 0 Å². The molecule has 0 radical (unpaired) electrons. The number of Topliss-reactive ketones (excluding diaryl/α,β-unsaturated/α-hetero) is 1. The topological polar surface area (TPSA) is 353 Å². The summed E-state index contributed by atoms with van der Waals surface area (Å²) in [6, 6.07) is 0. The predicted octanol–water partition coefficient (Wildman–Crippen LogP) is -1.54. The van der Waals surface area contributed by atoms with E-state index in [1.54, 1.807) is 20.8 Å². The van der Waals surface area contributed by atoms with Crippen molar-refractivity contribution >= 4 is 12.1 Å². The number of aliphatic hydroxyl groups excluding tert-OH is 11. The van der Waals surface area contributed by atoms with Crippen LogP contribution >= 0.6 is 0 Å². The number of ether oxygens (including phenoxy) is 6. The van der Waals surface area contributed by atoms with Gasteiger partial charge < -0.3 is 94.8 Å². The number of hydrogen-bond acceptors (Lipinski definition) is 21. The van der Waals surface area contributed by atoms with Gasteiger partial charge in [0.2, 0.25) is 0 Å². The zero-order chi connectivity index (χ0) is 51.8. The van der Waals surface area contributed by atoms with Gasteiger partial charge >= 0.3 is 0 Å². The summed E-state index contributed by atoms with van der Waals surface area (Å²) in [6.07, 6.45) is -16.6. The van der Waals surface area contributed by atoms with Gasteiger partial charge in [0, 0.05) is 18.4 Å². The summed E-state index contributed by atoms with van der Waals surface area (Å²) >= 11 is 0. The zero-order valence-electron chi connectivity index (χ0n) is 40.8. The molecule has 1 saturated carbocycles. The van der Waals surface area contributed by atoms with Gasteiger partial charge in [0.05, 0.1) is 31.5 Å². The Hall–Kier alpha value is -2.20. The Morgan fingerprint density at radius 3 is 1.83 bits per heavy atom.